The zero-order chi connectivity index (χ0) is 18.8. The van der Waals surface area contributed by atoms with Crippen LogP contribution in [0.25, 0.3) is 5.76 Å². The van der Waals surface area contributed by atoms with Crippen LogP contribution in [-0.2, 0) is 14.3 Å². The van der Waals surface area contributed by atoms with Crippen molar-refractivity contribution in [2.75, 3.05) is 20.3 Å². The standard InChI is InChI=1S/C20H21NO5/c1-12-6-7-13(2)14(11-12)18(22)16-17(15-5-4-9-26-15)21(8-10-25-3)20(24)19(16)23/h4-7,9,11,17,22H,8,10H2,1-3H3/b18-16+. The molecule has 3 rings (SSSR count). The van der Waals surface area contributed by atoms with Crippen LogP contribution >= 0.6 is 0 Å². The number of ether oxygens (including phenoxy) is 1. The molecular weight excluding hydrogens is 334 g/mol. The van der Waals surface area contributed by atoms with Crippen LogP contribution in [-0.4, -0.2) is 42.0 Å². The van der Waals surface area contributed by atoms with Crippen molar-refractivity contribution in [1.29, 1.82) is 0 Å². The fourth-order valence-corrected chi connectivity index (χ4v) is 3.18. The van der Waals surface area contributed by atoms with Gasteiger partial charge in [0, 0.05) is 19.2 Å². The summed E-state index contributed by atoms with van der Waals surface area (Å²) >= 11 is 0. The molecule has 1 atom stereocenters. The third kappa shape index (κ3) is 3.04. The van der Waals surface area contributed by atoms with Crippen molar-refractivity contribution in [2.24, 2.45) is 0 Å². The number of aliphatic hydroxyl groups is 1. The van der Waals surface area contributed by atoms with E-state index in [2.05, 4.69) is 0 Å². The van der Waals surface area contributed by atoms with E-state index in [-0.39, 0.29) is 24.5 Å². The van der Waals surface area contributed by atoms with Crippen molar-refractivity contribution >= 4 is 17.4 Å². The monoisotopic (exact) mass is 355 g/mol. The van der Waals surface area contributed by atoms with Gasteiger partial charge in [-0.2, -0.15) is 0 Å². The van der Waals surface area contributed by atoms with Crippen LogP contribution in [0.5, 0.6) is 0 Å². The largest absolute Gasteiger partial charge is 0.507 e. The molecule has 1 aromatic heterocycles. The summed E-state index contributed by atoms with van der Waals surface area (Å²) in [5, 5.41) is 10.9. The van der Waals surface area contributed by atoms with Crippen molar-refractivity contribution in [2.45, 2.75) is 19.9 Å². The molecule has 2 heterocycles. The molecule has 1 aliphatic heterocycles. The Morgan fingerprint density at radius 1 is 1.27 bits per heavy atom. The van der Waals surface area contributed by atoms with Crippen LogP contribution in [0.3, 0.4) is 0 Å². The van der Waals surface area contributed by atoms with Gasteiger partial charge in [-0.05, 0) is 37.6 Å². The molecule has 6 heteroatoms. The summed E-state index contributed by atoms with van der Waals surface area (Å²) in [6.45, 7) is 4.23. The maximum atomic E-state index is 12.7. The van der Waals surface area contributed by atoms with Crippen LogP contribution in [0.15, 0.2) is 46.6 Å². The molecule has 1 unspecified atom stereocenters. The van der Waals surface area contributed by atoms with E-state index in [1.165, 1.54) is 18.3 Å². The number of methoxy groups -OCH3 is 1. The number of aryl methyl sites for hydroxylation is 2. The SMILES string of the molecule is COCCN1C(=O)C(=O)/C(=C(/O)c2cc(C)ccc2C)C1c1ccco1. The molecule has 0 radical (unpaired) electrons. The zero-order valence-corrected chi connectivity index (χ0v) is 15.0. The first-order valence-corrected chi connectivity index (χ1v) is 8.34. The van der Waals surface area contributed by atoms with Gasteiger partial charge in [0.25, 0.3) is 11.7 Å². The number of hydrogen-bond acceptors (Lipinski definition) is 5. The predicted molar refractivity (Wildman–Crippen MR) is 95.5 cm³/mol. The van der Waals surface area contributed by atoms with Crippen LogP contribution in [0.4, 0.5) is 0 Å². The minimum atomic E-state index is -0.778. The Hall–Kier alpha value is -2.86. The number of carbonyl (C=O) groups is 2. The molecular formula is C20H21NO5. The Labute approximate surface area is 151 Å². The average Bonchev–Trinajstić information content (AvgIpc) is 3.23. The molecule has 0 bridgehead atoms. The lowest BCUT2D eigenvalue weighted by molar-refractivity contribution is -0.140. The van der Waals surface area contributed by atoms with Gasteiger partial charge in [0.05, 0.1) is 18.4 Å². The normalized spacial score (nSPS) is 19.3. The number of furan rings is 1. The second kappa shape index (κ2) is 7.17. The lowest BCUT2D eigenvalue weighted by Gasteiger charge is -2.23. The van der Waals surface area contributed by atoms with Gasteiger partial charge in [-0.25, -0.2) is 0 Å². The number of rotatable bonds is 5. The van der Waals surface area contributed by atoms with E-state index in [0.717, 1.165) is 11.1 Å². The Bertz CT molecular complexity index is 866. The molecule has 1 aromatic carbocycles. The van der Waals surface area contributed by atoms with Crippen LogP contribution in [0, 0.1) is 13.8 Å². The molecule has 2 aromatic rings. The Balaban J connectivity index is 2.17. The molecule has 1 amide bonds. The number of nitrogens with zero attached hydrogens (tertiary/aromatic N) is 1. The van der Waals surface area contributed by atoms with Gasteiger partial charge in [0.2, 0.25) is 0 Å². The first-order chi connectivity index (χ1) is 12.5. The average molecular weight is 355 g/mol. The van der Waals surface area contributed by atoms with Crippen molar-refractivity contribution in [3.63, 3.8) is 0 Å². The zero-order valence-electron chi connectivity index (χ0n) is 15.0. The number of likely N-dealkylation sites (tertiary alicyclic amines) is 1. The van der Waals surface area contributed by atoms with Crippen molar-refractivity contribution in [1.82, 2.24) is 4.90 Å². The number of Topliss-reactive ketones (excluding diaryl/α,β-unsaturated/α-hetero) is 1. The van der Waals surface area contributed by atoms with Crippen molar-refractivity contribution < 1.29 is 23.8 Å². The highest BCUT2D eigenvalue weighted by molar-refractivity contribution is 6.46. The molecule has 0 aliphatic carbocycles. The summed E-state index contributed by atoms with van der Waals surface area (Å²) in [6, 6.07) is 8.18. The second-order valence-corrected chi connectivity index (χ2v) is 6.32. The smallest absolute Gasteiger partial charge is 0.295 e. The van der Waals surface area contributed by atoms with E-state index in [4.69, 9.17) is 9.15 Å². The van der Waals surface area contributed by atoms with Crippen molar-refractivity contribution in [3.05, 3.63) is 64.6 Å². The highest BCUT2D eigenvalue weighted by atomic mass is 16.5. The van der Waals surface area contributed by atoms with Gasteiger partial charge in [0.1, 0.15) is 17.6 Å². The van der Waals surface area contributed by atoms with Crippen LogP contribution < -0.4 is 0 Å². The van der Waals surface area contributed by atoms with Crippen molar-refractivity contribution in [3.8, 4) is 0 Å². The fourth-order valence-electron chi connectivity index (χ4n) is 3.18. The first-order valence-electron chi connectivity index (χ1n) is 8.34. The Morgan fingerprint density at radius 3 is 2.69 bits per heavy atom. The number of ketones is 1. The minimum Gasteiger partial charge on any atom is -0.507 e. The Morgan fingerprint density at radius 2 is 2.04 bits per heavy atom. The first kappa shape index (κ1) is 17.9. The van der Waals surface area contributed by atoms with Gasteiger partial charge < -0.3 is 19.2 Å². The van der Waals surface area contributed by atoms with E-state index >= 15 is 0 Å². The number of hydrogen-bond donors (Lipinski definition) is 1. The molecule has 0 saturated carbocycles. The Kier molecular flexibility index (Phi) is 4.95. The third-order valence-electron chi connectivity index (χ3n) is 4.54. The lowest BCUT2D eigenvalue weighted by atomic mass is 9.96. The summed E-state index contributed by atoms with van der Waals surface area (Å²) in [5.41, 5.74) is 2.33. The van der Waals surface area contributed by atoms with Gasteiger partial charge >= 0.3 is 0 Å². The second-order valence-electron chi connectivity index (χ2n) is 6.32. The van der Waals surface area contributed by atoms with E-state index in [0.29, 0.717) is 11.3 Å². The summed E-state index contributed by atoms with van der Waals surface area (Å²) < 4.78 is 10.5. The summed E-state index contributed by atoms with van der Waals surface area (Å²) in [5.74, 6) is -1.16. The number of carbonyl (C=O) groups excluding carboxylic acids is 2. The topological polar surface area (TPSA) is 80.0 Å². The van der Waals surface area contributed by atoms with Crippen LogP contribution in [0.1, 0.15) is 28.5 Å². The van der Waals surface area contributed by atoms with Gasteiger partial charge in [-0.15, -0.1) is 0 Å². The van der Waals surface area contributed by atoms with E-state index < -0.39 is 17.7 Å². The van der Waals surface area contributed by atoms with E-state index in [1.807, 2.05) is 26.0 Å². The molecule has 26 heavy (non-hydrogen) atoms. The predicted octanol–water partition coefficient (Wildman–Crippen LogP) is 2.96. The number of benzene rings is 1. The van der Waals surface area contributed by atoms with Crippen LogP contribution in [0.2, 0.25) is 0 Å². The molecule has 0 spiro atoms. The molecule has 136 valence electrons. The highest BCUT2D eigenvalue weighted by Gasteiger charge is 2.47. The maximum Gasteiger partial charge on any atom is 0.295 e. The molecule has 1 saturated heterocycles. The third-order valence-corrected chi connectivity index (χ3v) is 4.54. The quantitative estimate of drug-likeness (QED) is 0.507. The van der Waals surface area contributed by atoms with E-state index in [1.54, 1.807) is 18.2 Å². The summed E-state index contributed by atoms with van der Waals surface area (Å²) in [7, 11) is 1.52. The molecule has 6 nitrogen and oxygen atoms in total. The molecule has 1 N–H and O–H groups in total. The van der Waals surface area contributed by atoms with Gasteiger partial charge in [0.15, 0.2) is 0 Å². The fraction of sp³-hybridized carbons (Fsp3) is 0.300. The number of aliphatic hydroxyl groups excluding tert-OH is 1. The highest BCUT2D eigenvalue weighted by Crippen LogP contribution is 2.39. The van der Waals surface area contributed by atoms with E-state index in [9.17, 15) is 14.7 Å². The van der Waals surface area contributed by atoms with Gasteiger partial charge in [-0.3, -0.25) is 9.59 Å². The summed E-state index contributed by atoms with van der Waals surface area (Å²) in [6.07, 6.45) is 1.48. The molecule has 1 aliphatic rings. The number of amides is 1. The lowest BCUT2D eigenvalue weighted by Crippen LogP contribution is -2.32. The summed E-state index contributed by atoms with van der Waals surface area (Å²) in [4.78, 5) is 26.6. The molecule has 1 fully saturated rings. The minimum absolute atomic E-state index is 0.0368. The maximum absolute atomic E-state index is 12.7. The van der Waals surface area contributed by atoms with Gasteiger partial charge in [-0.1, -0.05) is 17.7 Å².